The van der Waals surface area contributed by atoms with Crippen LogP contribution in [0.2, 0.25) is 0 Å². The van der Waals surface area contributed by atoms with E-state index >= 15 is 0 Å². The third kappa shape index (κ3) is 6.20. The van der Waals surface area contributed by atoms with Gasteiger partial charge in [-0.15, -0.1) is 5.11 Å². The molecule has 0 atom stereocenters. The number of hydrogen-bond acceptors (Lipinski definition) is 7. The Bertz CT molecular complexity index is 887. The van der Waals surface area contributed by atoms with Crippen LogP contribution >= 0.6 is 0 Å². The predicted octanol–water partition coefficient (Wildman–Crippen LogP) is 4.42. The highest BCUT2D eigenvalue weighted by Crippen LogP contribution is 2.30. The molecule has 2 rings (SSSR count). The van der Waals surface area contributed by atoms with E-state index in [1.807, 2.05) is 44.2 Å². The van der Waals surface area contributed by atoms with Gasteiger partial charge < -0.3 is 9.47 Å². The maximum atomic E-state index is 11.5. The molecule has 2 amide bonds. The summed E-state index contributed by atoms with van der Waals surface area (Å²) < 4.78 is 9.07. The van der Waals surface area contributed by atoms with Crippen LogP contribution in [-0.2, 0) is 9.47 Å². The number of carbonyl (C=O) groups is 2. The average molecular weight is 383 g/mol. The molecule has 0 radical (unpaired) electrons. The Morgan fingerprint density at radius 2 is 1.36 bits per heavy atom. The molecule has 0 unspecified atom stereocenters. The number of ether oxygens (including phenoxy) is 2. The van der Waals surface area contributed by atoms with E-state index in [-0.39, 0.29) is 5.96 Å². The van der Waals surface area contributed by atoms with Gasteiger partial charge in [-0.2, -0.15) is 5.11 Å². The number of nitrogens with zero attached hydrogens (tertiary/aromatic N) is 3. The molecule has 9 heteroatoms. The maximum absolute atomic E-state index is 11.5. The van der Waals surface area contributed by atoms with E-state index in [0.29, 0.717) is 17.1 Å². The van der Waals surface area contributed by atoms with Crippen molar-refractivity contribution in [1.82, 2.24) is 10.6 Å². The molecule has 0 aliphatic rings. The first-order valence-electron chi connectivity index (χ1n) is 8.29. The summed E-state index contributed by atoms with van der Waals surface area (Å²) in [5, 5.41) is 13.1. The zero-order chi connectivity index (χ0) is 20.5. The van der Waals surface area contributed by atoms with Crippen LogP contribution in [0.25, 0.3) is 0 Å². The van der Waals surface area contributed by atoms with Gasteiger partial charge in [0.25, 0.3) is 0 Å². The molecule has 2 aromatic rings. The lowest BCUT2D eigenvalue weighted by molar-refractivity contribution is 0.173. The lowest BCUT2D eigenvalue weighted by atomic mass is 10.2. The zero-order valence-electron chi connectivity index (χ0n) is 16.0. The number of amides is 2. The molecule has 9 nitrogen and oxygen atoms in total. The Hall–Kier alpha value is -3.75. The molecule has 0 spiro atoms. The highest BCUT2D eigenvalue weighted by Gasteiger charge is 2.12. The van der Waals surface area contributed by atoms with Gasteiger partial charge in [0.1, 0.15) is 5.69 Å². The van der Waals surface area contributed by atoms with Crippen LogP contribution in [-0.4, -0.2) is 32.4 Å². The SMILES string of the molecule is COC(=O)NC(=Nc1ccc(C)cc1N=Nc1ccc(C)cc1)NC(=O)OC. The second kappa shape index (κ2) is 9.81. The summed E-state index contributed by atoms with van der Waals surface area (Å²) in [5.41, 5.74) is 3.58. The Morgan fingerprint density at radius 1 is 0.786 bits per heavy atom. The summed E-state index contributed by atoms with van der Waals surface area (Å²) in [5.74, 6) is -0.172. The van der Waals surface area contributed by atoms with Crippen molar-refractivity contribution in [1.29, 1.82) is 0 Å². The average Bonchev–Trinajstić information content (AvgIpc) is 2.68. The molecule has 2 aromatic carbocycles. The third-order valence-electron chi connectivity index (χ3n) is 3.48. The van der Waals surface area contributed by atoms with Crippen LogP contribution < -0.4 is 10.6 Å². The van der Waals surface area contributed by atoms with Crippen LogP contribution in [0.5, 0.6) is 0 Å². The summed E-state index contributed by atoms with van der Waals surface area (Å²) >= 11 is 0. The van der Waals surface area contributed by atoms with Gasteiger partial charge in [0.2, 0.25) is 5.96 Å². The number of aryl methyl sites for hydroxylation is 2. The summed E-state index contributed by atoms with van der Waals surface area (Å²) in [6.07, 6.45) is -1.60. The topological polar surface area (TPSA) is 114 Å². The first kappa shape index (κ1) is 20.6. The number of azo groups is 1. The van der Waals surface area contributed by atoms with Gasteiger partial charge in [0.05, 0.1) is 25.6 Å². The van der Waals surface area contributed by atoms with Gasteiger partial charge in [0.15, 0.2) is 0 Å². The third-order valence-corrected chi connectivity index (χ3v) is 3.48. The smallest absolute Gasteiger partial charge is 0.413 e. The van der Waals surface area contributed by atoms with E-state index in [4.69, 9.17) is 0 Å². The maximum Gasteiger partial charge on any atom is 0.413 e. The molecule has 0 fully saturated rings. The summed E-state index contributed by atoms with van der Waals surface area (Å²) in [7, 11) is 2.39. The summed E-state index contributed by atoms with van der Waals surface area (Å²) in [6.45, 7) is 3.89. The molecule has 0 heterocycles. The minimum absolute atomic E-state index is 0.172. The van der Waals surface area contributed by atoms with E-state index in [1.165, 1.54) is 14.2 Å². The summed E-state index contributed by atoms with van der Waals surface area (Å²) in [4.78, 5) is 27.3. The quantitative estimate of drug-likeness (QED) is 0.464. The molecule has 0 aliphatic carbocycles. The molecule has 2 N–H and O–H groups in total. The Morgan fingerprint density at radius 3 is 1.93 bits per heavy atom. The Labute approximate surface area is 162 Å². The van der Waals surface area contributed by atoms with Gasteiger partial charge in [-0.1, -0.05) is 23.8 Å². The van der Waals surface area contributed by atoms with Crippen molar-refractivity contribution in [2.75, 3.05) is 14.2 Å². The van der Waals surface area contributed by atoms with E-state index in [0.717, 1.165) is 11.1 Å². The molecule has 146 valence electrons. The van der Waals surface area contributed by atoms with E-state index < -0.39 is 12.2 Å². The molecule has 28 heavy (non-hydrogen) atoms. The lowest BCUT2D eigenvalue weighted by Crippen LogP contribution is -2.43. The molecule has 0 aromatic heterocycles. The number of carbonyl (C=O) groups excluding carboxylic acids is 2. The molecule has 0 aliphatic heterocycles. The van der Waals surface area contributed by atoms with E-state index in [1.54, 1.807) is 12.1 Å². The first-order valence-corrected chi connectivity index (χ1v) is 8.29. The number of guanidine groups is 1. The number of rotatable bonds is 3. The van der Waals surface area contributed by atoms with Crippen molar-refractivity contribution in [2.45, 2.75) is 13.8 Å². The molecular weight excluding hydrogens is 362 g/mol. The Kier molecular flexibility index (Phi) is 7.21. The number of benzene rings is 2. The van der Waals surface area contributed by atoms with Crippen molar-refractivity contribution in [2.24, 2.45) is 15.2 Å². The highest BCUT2D eigenvalue weighted by molar-refractivity contribution is 6.02. The first-order chi connectivity index (χ1) is 13.4. The Balaban J connectivity index is 2.38. The van der Waals surface area contributed by atoms with Gasteiger partial charge >= 0.3 is 12.2 Å². The van der Waals surface area contributed by atoms with E-state index in [9.17, 15) is 9.59 Å². The fraction of sp³-hybridized carbons (Fsp3) is 0.211. The number of nitrogens with one attached hydrogen (secondary N) is 2. The minimum atomic E-state index is -0.801. The van der Waals surface area contributed by atoms with Gasteiger partial charge in [-0.05, 0) is 43.7 Å². The van der Waals surface area contributed by atoms with E-state index in [2.05, 4.69) is 35.3 Å². The fourth-order valence-corrected chi connectivity index (χ4v) is 2.03. The molecule has 0 saturated carbocycles. The van der Waals surface area contributed by atoms with Crippen LogP contribution in [0.4, 0.5) is 26.7 Å². The van der Waals surface area contributed by atoms with Crippen molar-refractivity contribution < 1.29 is 19.1 Å². The second-order valence-electron chi connectivity index (χ2n) is 5.72. The van der Waals surface area contributed by atoms with Crippen molar-refractivity contribution in [3.8, 4) is 0 Å². The van der Waals surface area contributed by atoms with Gasteiger partial charge in [-0.3, -0.25) is 10.6 Å². The van der Waals surface area contributed by atoms with Crippen LogP contribution in [0.1, 0.15) is 11.1 Å². The number of aliphatic imine (C=N–C) groups is 1. The lowest BCUT2D eigenvalue weighted by Gasteiger charge is -2.09. The van der Waals surface area contributed by atoms with Crippen LogP contribution in [0.3, 0.4) is 0 Å². The standard InChI is InChI=1S/C19H21N5O4/c1-12-5-8-14(9-6-12)23-24-16-11-13(2)7-10-15(16)20-17(21-18(25)27-3)22-19(26)28-4/h5-11H,1-4H3,(H2,20,21,22,25,26). The summed E-state index contributed by atoms with van der Waals surface area (Å²) in [6, 6.07) is 12.9. The zero-order valence-corrected chi connectivity index (χ0v) is 16.0. The van der Waals surface area contributed by atoms with Crippen molar-refractivity contribution in [3.05, 3.63) is 53.6 Å². The van der Waals surface area contributed by atoms with Crippen LogP contribution in [0.15, 0.2) is 57.7 Å². The molecule has 0 bridgehead atoms. The van der Waals surface area contributed by atoms with Gasteiger partial charge in [0, 0.05) is 0 Å². The largest absolute Gasteiger partial charge is 0.453 e. The van der Waals surface area contributed by atoms with Gasteiger partial charge in [-0.25, -0.2) is 14.6 Å². The number of methoxy groups -OCH3 is 2. The number of hydrogen-bond donors (Lipinski definition) is 2. The molecule has 0 saturated heterocycles. The fourth-order valence-electron chi connectivity index (χ4n) is 2.03. The predicted molar refractivity (Wildman–Crippen MR) is 105 cm³/mol. The number of alkyl carbamates (subject to hydrolysis) is 2. The van der Waals surface area contributed by atoms with Crippen LogP contribution in [0, 0.1) is 13.8 Å². The normalized spacial score (nSPS) is 10.3. The highest BCUT2D eigenvalue weighted by atomic mass is 16.5. The van der Waals surface area contributed by atoms with Crippen molar-refractivity contribution in [3.63, 3.8) is 0 Å². The van der Waals surface area contributed by atoms with Crippen molar-refractivity contribution >= 4 is 35.2 Å². The minimum Gasteiger partial charge on any atom is -0.453 e. The monoisotopic (exact) mass is 383 g/mol. The molecular formula is C19H21N5O4. The second-order valence-corrected chi connectivity index (χ2v) is 5.72.